The fourth-order valence-electron chi connectivity index (χ4n) is 6.46. The molecule has 174 valence electrons. The third-order valence-electron chi connectivity index (χ3n) is 8.41. The van der Waals surface area contributed by atoms with Gasteiger partial charge in [0, 0.05) is 0 Å². The summed E-state index contributed by atoms with van der Waals surface area (Å²) in [5, 5.41) is 0. The zero-order valence-corrected chi connectivity index (χ0v) is 21.0. The lowest BCUT2D eigenvalue weighted by Crippen LogP contribution is -2.25. The lowest BCUT2D eigenvalue weighted by Gasteiger charge is -2.38. The largest absolute Gasteiger partial charge is 0.0758 e. The van der Waals surface area contributed by atoms with Gasteiger partial charge in [-0.15, -0.1) is 0 Å². The van der Waals surface area contributed by atoms with Gasteiger partial charge in [0.2, 0.25) is 0 Å². The highest BCUT2D eigenvalue weighted by atomic mass is 14.4. The lowest BCUT2D eigenvalue weighted by atomic mass is 9.68. The van der Waals surface area contributed by atoms with Gasteiger partial charge in [-0.3, -0.25) is 0 Å². The fourth-order valence-corrected chi connectivity index (χ4v) is 6.46. The van der Waals surface area contributed by atoms with E-state index < -0.39 is 0 Å². The van der Waals surface area contributed by atoms with Gasteiger partial charge in [0.05, 0.1) is 0 Å². The van der Waals surface area contributed by atoms with Crippen LogP contribution in [-0.2, 0) is 0 Å². The van der Waals surface area contributed by atoms with Gasteiger partial charge >= 0.3 is 0 Å². The van der Waals surface area contributed by atoms with Gasteiger partial charge in [-0.1, -0.05) is 107 Å². The minimum atomic E-state index is 0.811. The Bertz CT molecular complexity index is 617. The molecule has 1 aromatic carbocycles. The summed E-state index contributed by atoms with van der Waals surface area (Å²) in [5.41, 5.74) is 4.32. The molecular weight excluding hydrogens is 372 g/mol. The Hall–Kier alpha value is -1.04. The second kappa shape index (κ2) is 13.5. The summed E-state index contributed by atoms with van der Waals surface area (Å²) in [6.07, 6.45) is 26.0. The summed E-state index contributed by atoms with van der Waals surface area (Å²) in [6, 6.07) is 9.44. The number of rotatable bonds is 11. The molecule has 0 amide bonds. The molecule has 0 radical (unpaired) electrons. The van der Waals surface area contributed by atoms with Crippen LogP contribution in [0, 0.1) is 17.8 Å². The van der Waals surface area contributed by atoms with Crippen molar-refractivity contribution in [3.63, 3.8) is 0 Å². The molecule has 1 aromatic rings. The van der Waals surface area contributed by atoms with E-state index in [1.165, 1.54) is 114 Å². The van der Waals surface area contributed by atoms with E-state index in [2.05, 4.69) is 51.1 Å². The Morgan fingerprint density at radius 1 is 0.710 bits per heavy atom. The van der Waals surface area contributed by atoms with Crippen molar-refractivity contribution in [3.05, 3.63) is 41.0 Å². The highest BCUT2D eigenvalue weighted by Crippen LogP contribution is 2.44. The van der Waals surface area contributed by atoms with Crippen LogP contribution in [0.5, 0.6) is 0 Å². The van der Waals surface area contributed by atoms with E-state index in [4.69, 9.17) is 0 Å². The van der Waals surface area contributed by atoms with Crippen LogP contribution in [0.1, 0.15) is 141 Å². The van der Waals surface area contributed by atoms with Crippen molar-refractivity contribution in [3.8, 4) is 0 Å². The van der Waals surface area contributed by atoms with E-state index in [1.54, 1.807) is 5.56 Å². The molecule has 0 atom stereocenters. The first-order valence-electron chi connectivity index (χ1n) is 13.9. The molecule has 0 N–H and O–H groups in total. The lowest BCUT2D eigenvalue weighted by molar-refractivity contribution is 0.155. The Balaban J connectivity index is 1.31. The van der Waals surface area contributed by atoms with E-state index in [0.29, 0.717) is 0 Å². The first kappa shape index (κ1) is 24.6. The topological polar surface area (TPSA) is 0 Å². The molecule has 0 bridgehead atoms. The SMILES string of the molecule is CCCCCCCCCC1CCC(C2CCC(c3ccc(C=C(C)C)cc3)CC2)CC1. The molecule has 0 saturated heterocycles. The van der Waals surface area contributed by atoms with Crippen molar-refractivity contribution in [1.82, 2.24) is 0 Å². The van der Waals surface area contributed by atoms with Gasteiger partial charge in [0.25, 0.3) is 0 Å². The van der Waals surface area contributed by atoms with Crippen molar-refractivity contribution in [2.45, 2.75) is 129 Å². The molecule has 0 unspecified atom stereocenters. The molecule has 2 fully saturated rings. The molecule has 2 aliphatic rings. The quantitative estimate of drug-likeness (QED) is 0.311. The van der Waals surface area contributed by atoms with Crippen molar-refractivity contribution < 1.29 is 0 Å². The number of benzene rings is 1. The maximum absolute atomic E-state index is 2.40. The van der Waals surface area contributed by atoms with Crippen LogP contribution in [0.4, 0.5) is 0 Å². The molecule has 3 rings (SSSR count). The average Bonchev–Trinajstić information content (AvgIpc) is 2.79. The zero-order chi connectivity index (χ0) is 21.9. The summed E-state index contributed by atoms with van der Waals surface area (Å²) in [6.45, 7) is 6.67. The number of hydrogen-bond acceptors (Lipinski definition) is 0. The Kier molecular flexibility index (Phi) is 10.7. The molecule has 2 saturated carbocycles. The van der Waals surface area contributed by atoms with Crippen LogP contribution in [0.2, 0.25) is 0 Å². The minimum Gasteiger partial charge on any atom is -0.0758 e. The van der Waals surface area contributed by atoms with Crippen LogP contribution in [-0.4, -0.2) is 0 Å². The summed E-state index contributed by atoms with van der Waals surface area (Å²) in [4.78, 5) is 0. The van der Waals surface area contributed by atoms with Gasteiger partial charge < -0.3 is 0 Å². The van der Waals surface area contributed by atoms with Gasteiger partial charge in [0.1, 0.15) is 0 Å². The van der Waals surface area contributed by atoms with Crippen LogP contribution in [0.3, 0.4) is 0 Å². The monoisotopic (exact) mass is 422 g/mol. The first-order chi connectivity index (χ1) is 15.2. The summed E-state index contributed by atoms with van der Waals surface area (Å²) < 4.78 is 0. The molecule has 0 aromatic heterocycles. The standard InChI is InChI=1S/C31H50/c1-4-5-6-7-8-9-10-11-26-12-16-28(17-13-26)30-20-22-31(23-21-30)29-18-14-27(15-19-29)24-25(2)3/h14-15,18-19,24,26,28,30-31H,4-13,16-17,20-23H2,1-3H3. The number of allylic oxidation sites excluding steroid dienone is 1. The summed E-state index contributed by atoms with van der Waals surface area (Å²) >= 11 is 0. The van der Waals surface area contributed by atoms with Gasteiger partial charge in [-0.05, 0) is 87.2 Å². The number of unbranched alkanes of at least 4 members (excludes halogenated alkanes) is 6. The van der Waals surface area contributed by atoms with Crippen LogP contribution >= 0.6 is 0 Å². The number of hydrogen-bond donors (Lipinski definition) is 0. The highest BCUT2D eigenvalue weighted by Gasteiger charge is 2.31. The van der Waals surface area contributed by atoms with Crippen molar-refractivity contribution in [2.24, 2.45) is 17.8 Å². The minimum absolute atomic E-state index is 0.811. The maximum Gasteiger partial charge on any atom is -0.0162 e. The van der Waals surface area contributed by atoms with Crippen LogP contribution in [0.25, 0.3) is 6.08 Å². The second-order valence-electron chi connectivity index (χ2n) is 11.2. The molecule has 0 spiro atoms. The van der Waals surface area contributed by atoms with Gasteiger partial charge in [-0.2, -0.15) is 0 Å². The van der Waals surface area contributed by atoms with E-state index in [9.17, 15) is 0 Å². The molecule has 0 nitrogen and oxygen atoms in total. The normalized spacial score (nSPS) is 26.5. The first-order valence-corrected chi connectivity index (χ1v) is 13.9. The van der Waals surface area contributed by atoms with Gasteiger partial charge in [-0.25, -0.2) is 0 Å². The van der Waals surface area contributed by atoms with Gasteiger partial charge in [0.15, 0.2) is 0 Å². The summed E-state index contributed by atoms with van der Waals surface area (Å²) in [5.74, 6) is 3.94. The van der Waals surface area contributed by atoms with Crippen molar-refractivity contribution >= 4 is 6.08 Å². The molecule has 2 aliphatic carbocycles. The third-order valence-corrected chi connectivity index (χ3v) is 8.41. The van der Waals surface area contributed by atoms with Crippen LogP contribution < -0.4 is 0 Å². The van der Waals surface area contributed by atoms with Crippen LogP contribution in [0.15, 0.2) is 29.8 Å². The summed E-state index contributed by atoms with van der Waals surface area (Å²) in [7, 11) is 0. The smallest absolute Gasteiger partial charge is 0.0162 e. The second-order valence-corrected chi connectivity index (χ2v) is 11.2. The highest BCUT2D eigenvalue weighted by molar-refractivity contribution is 5.52. The fraction of sp³-hybridized carbons (Fsp3) is 0.742. The molecule has 0 aliphatic heterocycles. The molecule has 31 heavy (non-hydrogen) atoms. The Labute approximate surface area is 194 Å². The van der Waals surface area contributed by atoms with E-state index in [-0.39, 0.29) is 0 Å². The van der Waals surface area contributed by atoms with E-state index in [1.807, 2.05) is 0 Å². The predicted octanol–water partition coefficient (Wildman–Crippen LogP) is 10.3. The van der Waals surface area contributed by atoms with Crippen molar-refractivity contribution in [2.75, 3.05) is 0 Å². The molecule has 0 heterocycles. The maximum atomic E-state index is 2.40. The van der Waals surface area contributed by atoms with E-state index in [0.717, 1.165) is 23.7 Å². The molecular formula is C31H50. The Morgan fingerprint density at radius 2 is 1.26 bits per heavy atom. The predicted molar refractivity (Wildman–Crippen MR) is 139 cm³/mol. The Morgan fingerprint density at radius 3 is 1.84 bits per heavy atom. The van der Waals surface area contributed by atoms with Crippen molar-refractivity contribution in [1.29, 1.82) is 0 Å². The average molecular weight is 423 g/mol. The third kappa shape index (κ3) is 8.43. The van der Waals surface area contributed by atoms with E-state index >= 15 is 0 Å². The molecule has 0 heteroatoms. The zero-order valence-electron chi connectivity index (χ0n) is 21.0.